The summed E-state index contributed by atoms with van der Waals surface area (Å²) in [5, 5.41) is 8.73. The van der Waals surface area contributed by atoms with E-state index in [1.54, 1.807) is 36.4 Å². The zero-order valence-corrected chi connectivity index (χ0v) is 19.9. The molecule has 0 N–H and O–H groups in total. The van der Waals surface area contributed by atoms with Crippen molar-refractivity contribution in [1.82, 2.24) is 0 Å². The van der Waals surface area contributed by atoms with E-state index in [-0.39, 0.29) is 23.0 Å². The molecule has 0 fully saturated rings. The Labute approximate surface area is 213 Å². The van der Waals surface area contributed by atoms with Gasteiger partial charge in [-0.3, -0.25) is 0 Å². The van der Waals surface area contributed by atoms with Gasteiger partial charge >= 0.3 is 5.97 Å². The minimum Gasteiger partial charge on any atom is -0.423 e. The van der Waals surface area contributed by atoms with Gasteiger partial charge in [-0.05, 0) is 47.2 Å². The number of rotatable bonds is 7. The number of benzene rings is 4. The Morgan fingerprint density at radius 1 is 0.892 bits per heavy atom. The van der Waals surface area contributed by atoms with E-state index in [2.05, 4.69) is 19.1 Å². The quantitative estimate of drug-likeness (QED) is 0.149. The number of nitrogens with zero attached hydrogens (tertiary/aromatic N) is 1. The largest absolute Gasteiger partial charge is 0.423 e. The minimum absolute atomic E-state index is 0.158. The lowest BCUT2D eigenvalue weighted by molar-refractivity contribution is 0.0734. The van der Waals surface area contributed by atoms with E-state index in [9.17, 15) is 18.0 Å². The summed E-state index contributed by atoms with van der Waals surface area (Å²) >= 11 is 0. The molecule has 0 saturated carbocycles. The average molecular weight is 498 g/mol. The fourth-order valence-corrected chi connectivity index (χ4v) is 3.88. The molecule has 0 aliphatic carbocycles. The average Bonchev–Trinajstić information content (AvgIpc) is 2.89. The maximum absolute atomic E-state index is 14.7. The van der Waals surface area contributed by atoms with Crippen LogP contribution in [0.3, 0.4) is 0 Å². The molecule has 37 heavy (non-hydrogen) atoms. The molecule has 6 heteroatoms. The van der Waals surface area contributed by atoms with Crippen LogP contribution in [0.15, 0.2) is 84.9 Å². The van der Waals surface area contributed by atoms with Crippen molar-refractivity contribution in [2.45, 2.75) is 19.3 Å². The van der Waals surface area contributed by atoms with Gasteiger partial charge in [0.25, 0.3) is 0 Å². The molecule has 0 aliphatic heterocycles. The Bertz CT molecular complexity index is 1470. The molecule has 0 unspecified atom stereocenters. The maximum atomic E-state index is 14.7. The van der Waals surface area contributed by atoms with Gasteiger partial charge in [0.05, 0.1) is 5.56 Å². The van der Waals surface area contributed by atoms with Crippen molar-refractivity contribution >= 4 is 18.1 Å². The molecule has 0 saturated heterocycles. The predicted molar refractivity (Wildman–Crippen MR) is 136 cm³/mol. The summed E-state index contributed by atoms with van der Waals surface area (Å²) in [4.78, 5) is 12.3. The number of carbonyl (C=O) groups is 1. The molecule has 0 aromatic heterocycles. The Morgan fingerprint density at radius 2 is 1.57 bits per heavy atom. The third-order valence-electron chi connectivity index (χ3n) is 5.92. The third-order valence-corrected chi connectivity index (χ3v) is 5.92. The summed E-state index contributed by atoms with van der Waals surface area (Å²) in [6.07, 6.45) is 4.09. The molecule has 0 aliphatic rings. The highest BCUT2D eigenvalue weighted by Crippen LogP contribution is 2.23. The van der Waals surface area contributed by atoms with Crippen LogP contribution in [0.4, 0.5) is 13.2 Å². The summed E-state index contributed by atoms with van der Waals surface area (Å²) in [6.45, 7) is 2.11. The molecule has 4 aromatic carbocycles. The molecule has 0 spiro atoms. The van der Waals surface area contributed by atoms with Crippen LogP contribution in [0.2, 0.25) is 0 Å². The zero-order valence-electron chi connectivity index (χ0n) is 19.9. The fourth-order valence-electron chi connectivity index (χ4n) is 3.88. The maximum Gasteiger partial charge on any atom is 0.343 e. The van der Waals surface area contributed by atoms with Gasteiger partial charge in [-0.2, -0.15) is 5.26 Å². The molecule has 0 radical (unpaired) electrons. The van der Waals surface area contributed by atoms with Crippen LogP contribution < -0.4 is 4.74 Å². The van der Waals surface area contributed by atoms with Crippen molar-refractivity contribution in [2.24, 2.45) is 0 Å². The topological polar surface area (TPSA) is 50.1 Å². The van der Waals surface area contributed by atoms with Gasteiger partial charge in [0.2, 0.25) is 0 Å². The van der Waals surface area contributed by atoms with E-state index in [4.69, 9.17) is 10.00 Å². The van der Waals surface area contributed by atoms with Gasteiger partial charge in [0, 0.05) is 17.7 Å². The van der Waals surface area contributed by atoms with E-state index in [0.29, 0.717) is 11.1 Å². The molecule has 4 rings (SSSR count). The van der Waals surface area contributed by atoms with Crippen LogP contribution in [0, 0.1) is 28.8 Å². The van der Waals surface area contributed by atoms with E-state index in [0.717, 1.165) is 24.1 Å². The molecule has 0 bridgehead atoms. The molecule has 184 valence electrons. The molecular weight excluding hydrogens is 475 g/mol. The summed E-state index contributed by atoms with van der Waals surface area (Å²) in [7, 11) is 0. The van der Waals surface area contributed by atoms with Crippen molar-refractivity contribution in [2.75, 3.05) is 0 Å². The van der Waals surface area contributed by atoms with Gasteiger partial charge < -0.3 is 4.74 Å². The number of esters is 1. The number of hydrogen-bond donors (Lipinski definition) is 0. The number of halogens is 3. The first-order valence-electron chi connectivity index (χ1n) is 11.6. The minimum atomic E-state index is -1.11. The predicted octanol–water partition coefficient (Wildman–Crippen LogP) is 7.71. The van der Waals surface area contributed by atoms with E-state index in [1.165, 1.54) is 23.8 Å². The van der Waals surface area contributed by atoms with E-state index < -0.39 is 23.2 Å². The second kappa shape index (κ2) is 11.4. The monoisotopic (exact) mass is 497 g/mol. The van der Waals surface area contributed by atoms with E-state index in [1.807, 2.05) is 24.3 Å². The highest BCUT2D eigenvalue weighted by molar-refractivity contribution is 5.91. The molecular formula is C31H22F3NO2. The van der Waals surface area contributed by atoms with Crippen LogP contribution in [0.1, 0.15) is 51.0 Å². The normalized spacial score (nSPS) is 11.8. The second-order valence-electron chi connectivity index (χ2n) is 8.59. The van der Waals surface area contributed by atoms with Crippen molar-refractivity contribution in [3.63, 3.8) is 0 Å². The first kappa shape index (κ1) is 25.5. The molecule has 1 atom stereocenters. The smallest absolute Gasteiger partial charge is 0.343 e. The zero-order chi connectivity index (χ0) is 26.4. The van der Waals surface area contributed by atoms with Gasteiger partial charge in [-0.1, -0.05) is 73.7 Å². The van der Waals surface area contributed by atoms with Crippen LogP contribution in [-0.2, 0) is 6.42 Å². The first-order chi connectivity index (χ1) is 17.8. The van der Waals surface area contributed by atoms with Crippen molar-refractivity contribution in [3.05, 3.63) is 136 Å². The SMILES string of the molecule is C[C@@H](Cc1ccc(C=Cc2ccc(C(=O)Oc3cc(F)c(C#N)c(F)c3)cc2)c(F)c1)c1ccccc1. The lowest BCUT2D eigenvalue weighted by atomic mass is 9.93. The third kappa shape index (κ3) is 6.33. The first-order valence-corrected chi connectivity index (χ1v) is 11.6. The van der Waals surface area contributed by atoms with Crippen molar-refractivity contribution < 1.29 is 22.7 Å². The van der Waals surface area contributed by atoms with Crippen LogP contribution in [-0.4, -0.2) is 5.97 Å². The number of carbonyl (C=O) groups excluding carboxylic acids is 1. The number of nitriles is 1. The Morgan fingerprint density at radius 3 is 2.19 bits per heavy atom. The Hall–Kier alpha value is -4.63. The van der Waals surface area contributed by atoms with Gasteiger partial charge in [-0.15, -0.1) is 0 Å². The van der Waals surface area contributed by atoms with E-state index >= 15 is 0 Å². The Kier molecular flexibility index (Phi) is 7.85. The highest BCUT2D eigenvalue weighted by Gasteiger charge is 2.15. The molecule has 4 aromatic rings. The van der Waals surface area contributed by atoms with Crippen LogP contribution in [0.25, 0.3) is 12.2 Å². The van der Waals surface area contributed by atoms with Gasteiger partial charge in [-0.25, -0.2) is 18.0 Å². The highest BCUT2D eigenvalue weighted by atomic mass is 19.1. The van der Waals surface area contributed by atoms with Crippen molar-refractivity contribution in [1.29, 1.82) is 5.26 Å². The summed E-state index contributed by atoms with van der Waals surface area (Å²) in [5.74, 6) is -3.45. The lowest BCUT2D eigenvalue weighted by Gasteiger charge is -2.12. The lowest BCUT2D eigenvalue weighted by Crippen LogP contribution is -2.09. The number of hydrogen-bond acceptors (Lipinski definition) is 3. The summed E-state index contributed by atoms with van der Waals surface area (Å²) in [5.41, 5.74) is 2.68. The van der Waals surface area contributed by atoms with Crippen LogP contribution >= 0.6 is 0 Å². The second-order valence-corrected chi connectivity index (χ2v) is 8.59. The van der Waals surface area contributed by atoms with Crippen LogP contribution in [0.5, 0.6) is 5.75 Å². The summed E-state index contributed by atoms with van der Waals surface area (Å²) in [6, 6.07) is 24.5. The van der Waals surface area contributed by atoms with Crippen molar-refractivity contribution in [3.8, 4) is 11.8 Å². The standard InChI is InChI=1S/C31H22F3NO2/c1-20(23-5-3-2-4-6-23)15-22-10-12-24(28(32)16-22)11-7-21-8-13-25(14-9-21)31(36)37-26-17-29(33)27(19-35)30(34)18-26/h2-14,16-18,20H,15H2,1H3/t20-/m0/s1. The number of ether oxygens (including phenoxy) is 1. The van der Waals surface area contributed by atoms with Gasteiger partial charge in [0.1, 0.15) is 34.8 Å². The summed E-state index contributed by atoms with van der Waals surface area (Å²) < 4.78 is 47.2. The fraction of sp³-hybridized carbons (Fsp3) is 0.0968. The Balaban J connectivity index is 1.39. The van der Waals surface area contributed by atoms with Gasteiger partial charge in [0.15, 0.2) is 0 Å². The molecule has 0 heterocycles. The molecule has 3 nitrogen and oxygen atoms in total. The molecule has 0 amide bonds.